The van der Waals surface area contributed by atoms with Crippen molar-refractivity contribution in [3.05, 3.63) is 23.2 Å². The zero-order valence-corrected chi connectivity index (χ0v) is 13.1. The van der Waals surface area contributed by atoms with Gasteiger partial charge in [0.05, 0.1) is 5.02 Å². The van der Waals surface area contributed by atoms with Gasteiger partial charge in [-0.3, -0.25) is 4.21 Å². The van der Waals surface area contributed by atoms with E-state index < -0.39 is 20.8 Å². The van der Waals surface area contributed by atoms with Crippen LogP contribution in [0, 0.1) is 0 Å². The highest BCUT2D eigenvalue weighted by atomic mass is 35.5. The van der Waals surface area contributed by atoms with Gasteiger partial charge in [-0.25, -0.2) is 13.1 Å². The summed E-state index contributed by atoms with van der Waals surface area (Å²) in [6.45, 7) is 1.72. The number of anilines is 1. The van der Waals surface area contributed by atoms with E-state index in [9.17, 15) is 12.6 Å². The minimum atomic E-state index is -3.69. The van der Waals surface area contributed by atoms with E-state index in [1.807, 2.05) is 0 Å². The minimum absolute atomic E-state index is 0.00663. The third-order valence-corrected chi connectivity index (χ3v) is 5.32. The molecule has 0 spiro atoms. The highest BCUT2D eigenvalue weighted by molar-refractivity contribution is 7.89. The SMILES string of the molecule is CC(CCS(C)=O)NS(=O)(=O)c1ccc(N)cc1Cl. The lowest BCUT2D eigenvalue weighted by atomic mass is 10.3. The average Bonchev–Trinajstić information content (AvgIpc) is 2.25. The molecule has 2 atom stereocenters. The van der Waals surface area contributed by atoms with Crippen LogP contribution in [-0.4, -0.2) is 30.7 Å². The first-order chi connectivity index (χ1) is 8.72. The Morgan fingerprint density at radius 1 is 1.47 bits per heavy atom. The van der Waals surface area contributed by atoms with E-state index in [-0.39, 0.29) is 16.0 Å². The number of rotatable bonds is 6. The molecule has 0 bridgehead atoms. The van der Waals surface area contributed by atoms with Crippen LogP contribution in [0.3, 0.4) is 0 Å². The van der Waals surface area contributed by atoms with Crippen LogP contribution in [0.2, 0.25) is 5.02 Å². The second kappa shape index (κ2) is 6.69. The standard InChI is InChI=1S/C11H17ClN2O3S2/c1-8(5-6-18(2)15)14-19(16,17)11-4-3-9(13)7-10(11)12/h3-4,7-8,14H,5-6,13H2,1-2H3. The first-order valence-electron chi connectivity index (χ1n) is 5.60. The van der Waals surface area contributed by atoms with Crippen molar-refractivity contribution in [1.29, 1.82) is 0 Å². The Hall–Kier alpha value is -0.630. The molecule has 0 saturated carbocycles. The van der Waals surface area contributed by atoms with Crippen LogP contribution < -0.4 is 10.5 Å². The molecular formula is C11H17ClN2O3S2. The lowest BCUT2D eigenvalue weighted by Crippen LogP contribution is -2.33. The van der Waals surface area contributed by atoms with E-state index in [4.69, 9.17) is 17.3 Å². The van der Waals surface area contributed by atoms with Gasteiger partial charge < -0.3 is 5.73 Å². The molecule has 2 unspecified atom stereocenters. The first-order valence-corrected chi connectivity index (χ1v) is 9.18. The van der Waals surface area contributed by atoms with E-state index in [1.165, 1.54) is 18.2 Å². The maximum atomic E-state index is 12.1. The quantitative estimate of drug-likeness (QED) is 0.773. The molecule has 0 aromatic heterocycles. The number of nitrogen functional groups attached to an aromatic ring is 1. The summed E-state index contributed by atoms with van der Waals surface area (Å²) in [6, 6.07) is 3.92. The Morgan fingerprint density at radius 3 is 2.63 bits per heavy atom. The third kappa shape index (κ3) is 5.10. The van der Waals surface area contributed by atoms with Crippen molar-refractivity contribution in [2.75, 3.05) is 17.7 Å². The fourth-order valence-electron chi connectivity index (χ4n) is 1.47. The number of sulfonamides is 1. The second-order valence-corrected chi connectivity index (χ2v) is 7.92. The van der Waals surface area contributed by atoms with Crippen molar-refractivity contribution in [3.8, 4) is 0 Å². The molecule has 0 fully saturated rings. The molecule has 0 heterocycles. The van der Waals surface area contributed by atoms with Gasteiger partial charge in [-0.2, -0.15) is 0 Å². The van der Waals surface area contributed by atoms with E-state index >= 15 is 0 Å². The summed E-state index contributed by atoms with van der Waals surface area (Å²) < 4.78 is 37.7. The molecule has 19 heavy (non-hydrogen) atoms. The number of halogens is 1. The van der Waals surface area contributed by atoms with Crippen LogP contribution in [0.4, 0.5) is 5.69 Å². The molecule has 1 rings (SSSR count). The normalized spacial score (nSPS) is 15.1. The molecule has 0 radical (unpaired) electrons. The van der Waals surface area contributed by atoms with E-state index in [0.29, 0.717) is 17.9 Å². The van der Waals surface area contributed by atoms with Crippen LogP contribution in [0.1, 0.15) is 13.3 Å². The van der Waals surface area contributed by atoms with Crippen molar-refractivity contribution in [1.82, 2.24) is 4.72 Å². The number of nitrogens with two attached hydrogens (primary N) is 1. The van der Waals surface area contributed by atoms with Crippen molar-refractivity contribution in [3.63, 3.8) is 0 Å². The van der Waals surface area contributed by atoms with Gasteiger partial charge in [-0.1, -0.05) is 11.6 Å². The fraction of sp³-hybridized carbons (Fsp3) is 0.455. The molecule has 1 aromatic rings. The Bertz CT molecular complexity index is 575. The van der Waals surface area contributed by atoms with Crippen molar-refractivity contribution in [2.45, 2.75) is 24.3 Å². The van der Waals surface area contributed by atoms with Crippen LogP contribution in [0.15, 0.2) is 23.1 Å². The van der Waals surface area contributed by atoms with Crippen LogP contribution in [0.5, 0.6) is 0 Å². The Kier molecular flexibility index (Phi) is 5.79. The van der Waals surface area contributed by atoms with Gasteiger partial charge in [0.15, 0.2) is 0 Å². The van der Waals surface area contributed by atoms with Crippen LogP contribution in [0.25, 0.3) is 0 Å². The molecule has 3 N–H and O–H groups in total. The summed E-state index contributed by atoms with van der Waals surface area (Å²) in [5, 5.41) is 0.0822. The number of benzene rings is 1. The fourth-order valence-corrected chi connectivity index (χ4v) is 3.98. The molecule has 1 aromatic carbocycles. The topological polar surface area (TPSA) is 89.3 Å². The van der Waals surface area contributed by atoms with Gasteiger partial charge in [0.1, 0.15) is 4.90 Å². The summed E-state index contributed by atoms with van der Waals surface area (Å²) in [6.07, 6.45) is 2.08. The summed E-state index contributed by atoms with van der Waals surface area (Å²) in [4.78, 5) is -0.00663. The van der Waals surface area contributed by atoms with Gasteiger partial charge in [0, 0.05) is 34.5 Å². The van der Waals surface area contributed by atoms with E-state index in [2.05, 4.69) is 4.72 Å². The van der Waals surface area contributed by atoms with Crippen molar-refractivity contribution in [2.24, 2.45) is 0 Å². The molecule has 0 amide bonds. The van der Waals surface area contributed by atoms with Gasteiger partial charge in [-0.05, 0) is 31.5 Å². The summed E-state index contributed by atoms with van der Waals surface area (Å²) in [5.41, 5.74) is 5.92. The first kappa shape index (κ1) is 16.4. The van der Waals surface area contributed by atoms with Gasteiger partial charge >= 0.3 is 0 Å². The maximum absolute atomic E-state index is 12.1. The maximum Gasteiger partial charge on any atom is 0.242 e. The molecule has 108 valence electrons. The minimum Gasteiger partial charge on any atom is -0.399 e. The molecule has 0 aliphatic carbocycles. The lowest BCUT2D eigenvalue weighted by Gasteiger charge is -2.14. The number of hydrogen-bond acceptors (Lipinski definition) is 4. The predicted molar refractivity (Wildman–Crippen MR) is 79.2 cm³/mol. The smallest absolute Gasteiger partial charge is 0.242 e. The van der Waals surface area contributed by atoms with Gasteiger partial charge in [0.25, 0.3) is 0 Å². The number of hydrogen-bond donors (Lipinski definition) is 2. The highest BCUT2D eigenvalue weighted by Gasteiger charge is 2.20. The summed E-state index contributed by atoms with van der Waals surface area (Å²) in [7, 11) is -4.64. The number of nitrogens with one attached hydrogen (secondary N) is 1. The van der Waals surface area contributed by atoms with E-state index in [0.717, 1.165) is 0 Å². The summed E-state index contributed by atoms with van der Waals surface area (Å²) in [5.74, 6) is 0.444. The second-order valence-electron chi connectivity index (χ2n) is 4.28. The zero-order chi connectivity index (χ0) is 14.6. The Morgan fingerprint density at radius 2 is 2.11 bits per heavy atom. The summed E-state index contributed by atoms with van der Waals surface area (Å²) >= 11 is 5.88. The molecular weight excluding hydrogens is 308 g/mol. The largest absolute Gasteiger partial charge is 0.399 e. The Balaban J connectivity index is 2.83. The molecule has 0 aliphatic rings. The molecule has 5 nitrogen and oxygen atoms in total. The van der Waals surface area contributed by atoms with Crippen LogP contribution >= 0.6 is 11.6 Å². The van der Waals surface area contributed by atoms with Crippen LogP contribution in [-0.2, 0) is 20.8 Å². The zero-order valence-electron chi connectivity index (χ0n) is 10.7. The monoisotopic (exact) mass is 324 g/mol. The van der Waals surface area contributed by atoms with E-state index in [1.54, 1.807) is 13.2 Å². The average molecular weight is 325 g/mol. The highest BCUT2D eigenvalue weighted by Crippen LogP contribution is 2.23. The predicted octanol–water partition coefficient (Wildman–Crippen LogP) is 1.36. The van der Waals surface area contributed by atoms with Crippen molar-refractivity contribution >= 4 is 38.1 Å². The molecule has 0 saturated heterocycles. The van der Waals surface area contributed by atoms with Gasteiger partial charge in [0.2, 0.25) is 10.0 Å². The Labute approximate surface area is 121 Å². The third-order valence-electron chi connectivity index (χ3n) is 2.44. The lowest BCUT2D eigenvalue weighted by molar-refractivity contribution is 0.556. The molecule has 8 heteroatoms. The van der Waals surface area contributed by atoms with Gasteiger partial charge in [-0.15, -0.1) is 0 Å². The van der Waals surface area contributed by atoms with Crippen molar-refractivity contribution < 1.29 is 12.6 Å². The molecule has 0 aliphatic heterocycles.